The topological polar surface area (TPSA) is 43.1 Å². The minimum atomic E-state index is 0.00287. The molecule has 3 heteroatoms. The molecular formula is C9H10BrNO. The van der Waals surface area contributed by atoms with E-state index in [1.807, 2.05) is 13.0 Å². The minimum Gasteiger partial charge on any atom is -0.398 e. The van der Waals surface area contributed by atoms with Gasteiger partial charge in [-0.1, -0.05) is 15.9 Å². The lowest BCUT2D eigenvalue weighted by molar-refractivity contribution is 0.101. The summed E-state index contributed by atoms with van der Waals surface area (Å²) in [5.41, 5.74) is 7.81. The third-order valence-electron chi connectivity index (χ3n) is 1.83. The molecule has 2 nitrogen and oxygen atoms in total. The van der Waals surface area contributed by atoms with E-state index in [1.165, 1.54) is 6.92 Å². The molecule has 1 aromatic carbocycles. The second-order valence-corrected chi connectivity index (χ2v) is 3.54. The standard InChI is InChI=1S/C9H10BrNO/c1-5-8(10)4-3-7(6(2)12)9(5)11/h3-4H,11H2,1-2H3. The van der Waals surface area contributed by atoms with Gasteiger partial charge in [-0.25, -0.2) is 0 Å². The van der Waals surface area contributed by atoms with Crippen molar-refractivity contribution in [2.45, 2.75) is 13.8 Å². The Labute approximate surface area is 79.9 Å². The van der Waals surface area contributed by atoms with Crippen LogP contribution < -0.4 is 5.73 Å². The number of benzene rings is 1. The van der Waals surface area contributed by atoms with Crippen LogP contribution in [0.1, 0.15) is 22.8 Å². The number of ketones is 1. The summed E-state index contributed by atoms with van der Waals surface area (Å²) in [6, 6.07) is 3.57. The monoisotopic (exact) mass is 227 g/mol. The van der Waals surface area contributed by atoms with Crippen LogP contribution in [0.2, 0.25) is 0 Å². The number of carbonyl (C=O) groups is 1. The number of anilines is 1. The van der Waals surface area contributed by atoms with E-state index in [2.05, 4.69) is 15.9 Å². The largest absolute Gasteiger partial charge is 0.398 e. The first-order valence-corrected chi connectivity index (χ1v) is 4.39. The SMILES string of the molecule is CC(=O)c1ccc(Br)c(C)c1N. The maximum Gasteiger partial charge on any atom is 0.161 e. The summed E-state index contributed by atoms with van der Waals surface area (Å²) in [7, 11) is 0. The van der Waals surface area contributed by atoms with Gasteiger partial charge in [0.2, 0.25) is 0 Å². The maximum atomic E-state index is 11.0. The molecule has 1 aromatic rings. The Bertz CT molecular complexity index is 334. The lowest BCUT2D eigenvalue weighted by Crippen LogP contribution is -2.01. The number of Topliss-reactive ketones (excluding diaryl/α,β-unsaturated/α-hetero) is 1. The molecule has 0 saturated carbocycles. The van der Waals surface area contributed by atoms with Crippen molar-refractivity contribution in [2.24, 2.45) is 0 Å². The highest BCUT2D eigenvalue weighted by atomic mass is 79.9. The quantitative estimate of drug-likeness (QED) is 0.592. The molecule has 0 amide bonds. The molecule has 2 N–H and O–H groups in total. The Morgan fingerprint density at radius 1 is 1.50 bits per heavy atom. The van der Waals surface area contributed by atoms with Gasteiger partial charge in [-0.2, -0.15) is 0 Å². The van der Waals surface area contributed by atoms with Crippen LogP contribution in [0.25, 0.3) is 0 Å². The van der Waals surface area contributed by atoms with Gasteiger partial charge in [-0.3, -0.25) is 4.79 Å². The number of hydrogen-bond acceptors (Lipinski definition) is 2. The van der Waals surface area contributed by atoms with Gasteiger partial charge in [-0.05, 0) is 31.5 Å². The molecule has 0 radical (unpaired) electrons. The summed E-state index contributed by atoms with van der Waals surface area (Å²) in [6.45, 7) is 3.39. The molecule has 0 spiro atoms. The number of nitrogen functional groups attached to an aromatic ring is 1. The fraction of sp³-hybridized carbons (Fsp3) is 0.222. The van der Waals surface area contributed by atoms with Crippen molar-refractivity contribution in [1.82, 2.24) is 0 Å². The predicted molar refractivity (Wildman–Crippen MR) is 53.3 cm³/mol. The molecule has 64 valence electrons. The second-order valence-electron chi connectivity index (χ2n) is 2.69. The Morgan fingerprint density at radius 3 is 2.58 bits per heavy atom. The average molecular weight is 228 g/mol. The highest BCUT2D eigenvalue weighted by Crippen LogP contribution is 2.25. The minimum absolute atomic E-state index is 0.00287. The number of rotatable bonds is 1. The molecule has 0 atom stereocenters. The highest BCUT2D eigenvalue weighted by Gasteiger charge is 2.08. The third kappa shape index (κ3) is 1.50. The zero-order valence-corrected chi connectivity index (χ0v) is 8.60. The van der Waals surface area contributed by atoms with Crippen LogP contribution in [-0.2, 0) is 0 Å². The van der Waals surface area contributed by atoms with Crippen LogP contribution in [0.15, 0.2) is 16.6 Å². The Hall–Kier alpha value is -0.830. The molecule has 0 unspecified atom stereocenters. The van der Waals surface area contributed by atoms with Crippen LogP contribution >= 0.6 is 15.9 Å². The zero-order chi connectivity index (χ0) is 9.30. The average Bonchev–Trinajstić information content (AvgIpc) is 2.00. The van der Waals surface area contributed by atoms with E-state index in [9.17, 15) is 4.79 Å². The lowest BCUT2D eigenvalue weighted by Gasteiger charge is -2.06. The Kier molecular flexibility index (Phi) is 2.52. The normalized spacial score (nSPS) is 9.92. The van der Waals surface area contributed by atoms with Crippen LogP contribution in [0.3, 0.4) is 0 Å². The van der Waals surface area contributed by atoms with Gasteiger partial charge in [0.25, 0.3) is 0 Å². The number of carbonyl (C=O) groups excluding carboxylic acids is 1. The first-order chi connectivity index (χ1) is 5.54. The molecular weight excluding hydrogens is 218 g/mol. The van der Waals surface area contributed by atoms with Gasteiger partial charge in [0.15, 0.2) is 5.78 Å². The van der Waals surface area contributed by atoms with E-state index in [1.54, 1.807) is 6.07 Å². The smallest absolute Gasteiger partial charge is 0.161 e. The van der Waals surface area contributed by atoms with Crippen LogP contribution in [-0.4, -0.2) is 5.78 Å². The number of halogens is 1. The van der Waals surface area contributed by atoms with E-state index >= 15 is 0 Å². The highest BCUT2D eigenvalue weighted by molar-refractivity contribution is 9.10. The zero-order valence-electron chi connectivity index (χ0n) is 7.02. The summed E-state index contributed by atoms with van der Waals surface area (Å²) in [6.07, 6.45) is 0. The van der Waals surface area contributed by atoms with E-state index in [0.717, 1.165) is 10.0 Å². The predicted octanol–water partition coefficient (Wildman–Crippen LogP) is 2.54. The number of hydrogen-bond donors (Lipinski definition) is 1. The Morgan fingerprint density at radius 2 is 2.08 bits per heavy atom. The first-order valence-electron chi connectivity index (χ1n) is 3.59. The van der Waals surface area contributed by atoms with Crippen molar-refractivity contribution in [1.29, 1.82) is 0 Å². The molecule has 1 rings (SSSR count). The van der Waals surface area contributed by atoms with Crippen molar-refractivity contribution >= 4 is 27.4 Å². The summed E-state index contributed by atoms with van der Waals surface area (Å²) >= 11 is 3.34. The van der Waals surface area contributed by atoms with Crippen molar-refractivity contribution in [3.8, 4) is 0 Å². The van der Waals surface area contributed by atoms with Gasteiger partial charge in [0.1, 0.15) is 0 Å². The van der Waals surface area contributed by atoms with Crippen LogP contribution in [0, 0.1) is 6.92 Å². The second kappa shape index (κ2) is 3.27. The third-order valence-corrected chi connectivity index (χ3v) is 2.69. The molecule has 0 fully saturated rings. The summed E-state index contributed by atoms with van der Waals surface area (Å²) in [4.78, 5) is 11.0. The molecule has 0 aliphatic rings. The van der Waals surface area contributed by atoms with Gasteiger partial charge in [0, 0.05) is 15.7 Å². The fourth-order valence-electron chi connectivity index (χ4n) is 1.01. The summed E-state index contributed by atoms with van der Waals surface area (Å²) < 4.78 is 0.935. The van der Waals surface area contributed by atoms with Gasteiger partial charge >= 0.3 is 0 Å². The lowest BCUT2D eigenvalue weighted by atomic mass is 10.1. The molecule has 0 bridgehead atoms. The molecule has 0 saturated heterocycles. The summed E-state index contributed by atoms with van der Waals surface area (Å²) in [5, 5.41) is 0. The van der Waals surface area contributed by atoms with Gasteiger partial charge < -0.3 is 5.73 Å². The van der Waals surface area contributed by atoms with E-state index in [4.69, 9.17) is 5.73 Å². The summed E-state index contributed by atoms with van der Waals surface area (Å²) in [5.74, 6) is 0.00287. The molecule has 0 aromatic heterocycles. The molecule has 0 aliphatic heterocycles. The molecule has 0 aliphatic carbocycles. The fourth-order valence-corrected chi connectivity index (χ4v) is 1.35. The molecule has 12 heavy (non-hydrogen) atoms. The maximum absolute atomic E-state index is 11.0. The number of nitrogens with two attached hydrogens (primary N) is 1. The van der Waals surface area contributed by atoms with Gasteiger partial charge in [-0.15, -0.1) is 0 Å². The van der Waals surface area contributed by atoms with Crippen molar-refractivity contribution in [3.63, 3.8) is 0 Å². The van der Waals surface area contributed by atoms with E-state index < -0.39 is 0 Å². The van der Waals surface area contributed by atoms with Crippen LogP contribution in [0.5, 0.6) is 0 Å². The van der Waals surface area contributed by atoms with Crippen molar-refractivity contribution < 1.29 is 4.79 Å². The van der Waals surface area contributed by atoms with Crippen LogP contribution in [0.4, 0.5) is 5.69 Å². The first kappa shape index (κ1) is 9.26. The Balaban J connectivity index is 3.36. The molecule has 0 heterocycles. The van der Waals surface area contributed by atoms with E-state index in [0.29, 0.717) is 11.3 Å². The van der Waals surface area contributed by atoms with Crippen molar-refractivity contribution in [3.05, 3.63) is 27.7 Å². The van der Waals surface area contributed by atoms with Crippen molar-refractivity contribution in [2.75, 3.05) is 5.73 Å². The van der Waals surface area contributed by atoms with Gasteiger partial charge in [0.05, 0.1) is 0 Å². The van der Waals surface area contributed by atoms with E-state index in [-0.39, 0.29) is 5.78 Å².